The molecule has 8 nitrogen and oxygen atoms in total. The Morgan fingerprint density at radius 2 is 1.80 bits per heavy atom. The molecule has 0 aromatic heterocycles. The Morgan fingerprint density at radius 1 is 1.13 bits per heavy atom. The van der Waals surface area contributed by atoms with E-state index in [-0.39, 0.29) is 19.8 Å². The third-order valence-corrected chi connectivity index (χ3v) is 3.86. The van der Waals surface area contributed by atoms with Gasteiger partial charge >= 0.3 is 12.1 Å². The van der Waals surface area contributed by atoms with Gasteiger partial charge in [-0.15, -0.1) is 0 Å². The molecule has 0 bridgehead atoms. The van der Waals surface area contributed by atoms with Gasteiger partial charge in [-0.25, -0.2) is 9.59 Å². The quantitative estimate of drug-likeness (QED) is 0.289. The predicted octanol–water partition coefficient (Wildman–Crippen LogP) is 2.54. The average molecular weight is 530 g/mol. The number of alkyl carbamates (subject to hydrolysis) is 1. The third-order valence-electron chi connectivity index (χ3n) is 3.48. The fourth-order valence-corrected chi connectivity index (χ4v) is 2.27. The number of hydrogen-bond acceptors (Lipinski definition) is 6. The van der Waals surface area contributed by atoms with Gasteiger partial charge in [0.2, 0.25) is 5.91 Å². The second-order valence-electron chi connectivity index (χ2n) is 7.31. The molecule has 0 aliphatic heterocycles. The zero-order chi connectivity index (χ0) is 22.6. The summed E-state index contributed by atoms with van der Waals surface area (Å²) in [4.78, 5) is 36.6. The molecular formula is C21H27IN2O6. The van der Waals surface area contributed by atoms with E-state index >= 15 is 0 Å². The zero-order valence-corrected chi connectivity index (χ0v) is 19.6. The molecule has 0 saturated carbocycles. The molecule has 9 heteroatoms. The van der Waals surface area contributed by atoms with Crippen molar-refractivity contribution in [1.82, 2.24) is 10.6 Å². The molecule has 1 rings (SSSR count). The number of nitrogens with one attached hydrogen (secondary N) is 2. The first-order chi connectivity index (χ1) is 14.1. The highest BCUT2D eigenvalue weighted by molar-refractivity contribution is 14.1. The van der Waals surface area contributed by atoms with Crippen LogP contribution in [-0.4, -0.2) is 48.9 Å². The van der Waals surface area contributed by atoms with Crippen LogP contribution in [0.3, 0.4) is 0 Å². The van der Waals surface area contributed by atoms with E-state index in [9.17, 15) is 14.4 Å². The summed E-state index contributed by atoms with van der Waals surface area (Å²) < 4.78 is 18.3. The van der Waals surface area contributed by atoms with Crippen LogP contribution in [0.4, 0.5) is 4.79 Å². The fraction of sp³-hybridized carbons (Fsp3) is 0.476. The van der Waals surface area contributed by atoms with Gasteiger partial charge in [-0.05, 0) is 37.2 Å². The number of ether oxygens (including phenoxy) is 3. The van der Waals surface area contributed by atoms with Crippen LogP contribution >= 0.6 is 22.6 Å². The first kappa shape index (κ1) is 25.7. The summed E-state index contributed by atoms with van der Waals surface area (Å²) in [6.07, 6.45) is -0.734. The summed E-state index contributed by atoms with van der Waals surface area (Å²) in [5, 5.41) is 4.96. The van der Waals surface area contributed by atoms with Crippen LogP contribution < -0.4 is 10.6 Å². The highest BCUT2D eigenvalue weighted by Crippen LogP contribution is 2.07. The Morgan fingerprint density at radius 3 is 2.40 bits per heavy atom. The minimum atomic E-state index is -1.06. The predicted molar refractivity (Wildman–Crippen MR) is 120 cm³/mol. The minimum Gasteiger partial charge on any atom is -0.451 e. The first-order valence-electron chi connectivity index (χ1n) is 9.29. The van der Waals surface area contributed by atoms with Crippen molar-refractivity contribution in [1.29, 1.82) is 0 Å². The molecule has 164 valence electrons. The Balaban J connectivity index is 2.67. The van der Waals surface area contributed by atoms with E-state index in [0.29, 0.717) is 0 Å². The summed E-state index contributed by atoms with van der Waals surface area (Å²) in [5.74, 6) is 1.35. The fourth-order valence-electron chi connectivity index (χ4n) is 2.12. The second kappa shape index (κ2) is 13.1. The van der Waals surface area contributed by atoms with E-state index in [1.165, 1.54) is 6.92 Å². The summed E-state index contributed by atoms with van der Waals surface area (Å²) in [6, 6.07) is 7.41. The van der Waals surface area contributed by atoms with Crippen molar-refractivity contribution in [3.8, 4) is 9.85 Å². The van der Waals surface area contributed by atoms with E-state index in [2.05, 4.69) is 20.5 Å². The van der Waals surface area contributed by atoms with Crippen LogP contribution in [0, 0.1) is 9.85 Å². The normalized spacial score (nSPS) is 12.6. The number of halogens is 1. The number of benzene rings is 1. The molecule has 0 unspecified atom stereocenters. The molecule has 2 atom stereocenters. The van der Waals surface area contributed by atoms with Crippen LogP contribution in [0.25, 0.3) is 0 Å². The summed E-state index contributed by atoms with van der Waals surface area (Å²) in [6.45, 7) is 6.69. The summed E-state index contributed by atoms with van der Waals surface area (Å²) >= 11 is 1.83. The van der Waals surface area contributed by atoms with Crippen LogP contribution in [0.2, 0.25) is 0 Å². The van der Waals surface area contributed by atoms with Crippen LogP contribution in [0.5, 0.6) is 0 Å². The molecular weight excluding hydrogens is 503 g/mol. The van der Waals surface area contributed by atoms with E-state index in [0.717, 1.165) is 5.56 Å². The van der Waals surface area contributed by atoms with Gasteiger partial charge in [0.15, 0.2) is 12.6 Å². The van der Waals surface area contributed by atoms with Gasteiger partial charge in [-0.3, -0.25) is 4.79 Å². The van der Waals surface area contributed by atoms with Gasteiger partial charge < -0.3 is 24.8 Å². The number of rotatable bonds is 9. The standard InChI is InChI=1S/C21H27IN2O6/c1-15(23-20(27)30-21(2,3)4)18(25)24-17(19(26)29-12-8-11-22)14-28-13-16-9-6-5-7-10-16/h5-7,9-10,15,17H,12-14H2,1-4H3,(H,23,27)(H,24,25)/t15-,17-/m0/s1. The summed E-state index contributed by atoms with van der Waals surface area (Å²) in [5.41, 5.74) is 0.226. The molecule has 2 N–H and O–H groups in total. The Hall–Kier alpha value is -2.32. The Bertz CT molecular complexity index is 767. The highest BCUT2D eigenvalue weighted by atomic mass is 127. The lowest BCUT2D eigenvalue weighted by atomic mass is 10.2. The Kier molecular flexibility index (Phi) is 11.2. The van der Waals surface area contributed by atoms with E-state index in [4.69, 9.17) is 14.2 Å². The minimum absolute atomic E-state index is 0.0987. The highest BCUT2D eigenvalue weighted by Gasteiger charge is 2.27. The molecule has 0 radical (unpaired) electrons. The molecule has 0 fully saturated rings. The molecule has 1 aromatic carbocycles. The number of amides is 2. The van der Waals surface area contributed by atoms with Crippen LogP contribution in [0.15, 0.2) is 30.3 Å². The lowest BCUT2D eigenvalue weighted by Gasteiger charge is -2.23. The number of carbonyl (C=O) groups excluding carboxylic acids is 3. The maximum absolute atomic E-state index is 12.4. The number of carbonyl (C=O) groups is 3. The van der Waals surface area contributed by atoms with Gasteiger partial charge in [0, 0.05) is 22.6 Å². The average Bonchev–Trinajstić information content (AvgIpc) is 2.66. The maximum atomic E-state index is 12.4. The summed E-state index contributed by atoms with van der Waals surface area (Å²) in [7, 11) is 0. The number of hydrogen-bond donors (Lipinski definition) is 2. The van der Waals surface area contributed by atoms with Crippen LogP contribution in [-0.2, 0) is 30.4 Å². The molecule has 2 amide bonds. The molecule has 0 spiro atoms. The van der Waals surface area contributed by atoms with Gasteiger partial charge in [0.05, 0.1) is 13.2 Å². The molecule has 0 heterocycles. The number of esters is 1. The molecule has 0 aliphatic rings. The van der Waals surface area contributed by atoms with Gasteiger partial charge in [-0.1, -0.05) is 36.3 Å². The van der Waals surface area contributed by atoms with Crippen molar-refractivity contribution in [2.75, 3.05) is 13.2 Å². The molecule has 1 aromatic rings. The van der Waals surface area contributed by atoms with E-state index < -0.39 is 35.7 Å². The lowest BCUT2D eigenvalue weighted by Crippen LogP contribution is -2.52. The van der Waals surface area contributed by atoms with Crippen LogP contribution in [0.1, 0.15) is 33.3 Å². The smallest absolute Gasteiger partial charge is 0.408 e. The van der Waals surface area contributed by atoms with Gasteiger partial charge in [-0.2, -0.15) is 0 Å². The van der Waals surface area contributed by atoms with Crippen molar-refractivity contribution < 1.29 is 28.6 Å². The lowest BCUT2D eigenvalue weighted by molar-refractivity contribution is -0.148. The van der Waals surface area contributed by atoms with Crippen molar-refractivity contribution in [3.63, 3.8) is 0 Å². The molecule has 30 heavy (non-hydrogen) atoms. The second-order valence-corrected chi connectivity index (χ2v) is 7.85. The van der Waals surface area contributed by atoms with E-state index in [1.807, 2.05) is 52.9 Å². The SMILES string of the molecule is C[C@H](NC(=O)OC(C)(C)C)C(=O)N[C@@H](COCc1ccccc1)C(=O)OCC#CI. The van der Waals surface area contributed by atoms with Gasteiger partial charge in [0.25, 0.3) is 0 Å². The molecule has 0 saturated heterocycles. The monoisotopic (exact) mass is 530 g/mol. The van der Waals surface area contributed by atoms with Crippen molar-refractivity contribution in [2.24, 2.45) is 0 Å². The maximum Gasteiger partial charge on any atom is 0.408 e. The van der Waals surface area contributed by atoms with Crippen molar-refractivity contribution >= 4 is 40.6 Å². The molecule has 0 aliphatic carbocycles. The van der Waals surface area contributed by atoms with Crippen molar-refractivity contribution in [3.05, 3.63) is 35.9 Å². The third kappa shape index (κ3) is 11.0. The van der Waals surface area contributed by atoms with E-state index in [1.54, 1.807) is 20.8 Å². The topological polar surface area (TPSA) is 103 Å². The zero-order valence-electron chi connectivity index (χ0n) is 17.5. The van der Waals surface area contributed by atoms with Gasteiger partial charge in [0.1, 0.15) is 11.6 Å². The Labute approximate surface area is 190 Å². The first-order valence-corrected chi connectivity index (χ1v) is 10.4. The van der Waals surface area contributed by atoms with Crippen molar-refractivity contribution in [2.45, 2.75) is 52.0 Å². The largest absolute Gasteiger partial charge is 0.451 e.